The number of rotatable bonds is 7. The topological polar surface area (TPSA) is 46.2 Å². The summed E-state index contributed by atoms with van der Waals surface area (Å²) in [5, 5.41) is 3.67. The van der Waals surface area contributed by atoms with E-state index in [0.29, 0.717) is 0 Å². The Morgan fingerprint density at radius 1 is 1.00 bits per heavy atom. The van der Waals surface area contributed by atoms with Crippen molar-refractivity contribution in [2.75, 3.05) is 30.0 Å². The lowest BCUT2D eigenvalue weighted by atomic mass is 9.80. The van der Waals surface area contributed by atoms with Gasteiger partial charge in [0.2, 0.25) is 0 Å². The van der Waals surface area contributed by atoms with E-state index in [4.69, 9.17) is 5.73 Å². The van der Waals surface area contributed by atoms with Crippen molar-refractivity contribution in [2.45, 2.75) is 57.8 Å². The average molecular weight is 519 g/mol. The van der Waals surface area contributed by atoms with Gasteiger partial charge >= 0.3 is 0 Å². The number of nitrogens with two attached hydrogens (primary N) is 1. The molecule has 5 rings (SSSR count). The Bertz CT molecular complexity index is 1490. The van der Waals surface area contributed by atoms with Crippen LogP contribution in [0.5, 0.6) is 0 Å². The molecule has 4 nitrogen and oxygen atoms in total. The average Bonchev–Trinajstić information content (AvgIpc) is 3.59. The molecule has 0 bridgehead atoms. The predicted molar refractivity (Wildman–Crippen MR) is 168 cm³/mol. The second kappa shape index (κ2) is 10.3. The van der Waals surface area contributed by atoms with Crippen LogP contribution in [0, 0.1) is 0 Å². The van der Waals surface area contributed by atoms with Crippen LogP contribution in [0.1, 0.15) is 58.1 Å². The third kappa shape index (κ3) is 5.21. The van der Waals surface area contributed by atoms with E-state index in [1.54, 1.807) is 0 Å². The largest absolute Gasteiger partial charge is 0.398 e. The third-order valence-corrected chi connectivity index (χ3v) is 8.36. The summed E-state index contributed by atoms with van der Waals surface area (Å²) in [6.07, 6.45) is 16.7. The normalized spacial score (nSPS) is 18.8. The highest BCUT2D eigenvalue weighted by atomic mass is 15.1. The van der Waals surface area contributed by atoms with E-state index in [0.717, 1.165) is 24.9 Å². The van der Waals surface area contributed by atoms with E-state index in [-0.39, 0.29) is 10.8 Å². The molecule has 0 radical (unpaired) electrons. The van der Waals surface area contributed by atoms with Crippen molar-refractivity contribution in [3.05, 3.63) is 119 Å². The number of aromatic nitrogens is 1. The highest BCUT2D eigenvalue weighted by molar-refractivity contribution is 5.76. The predicted octanol–water partition coefficient (Wildman–Crippen LogP) is 8.28. The van der Waals surface area contributed by atoms with Crippen molar-refractivity contribution in [3.63, 3.8) is 0 Å². The van der Waals surface area contributed by atoms with Gasteiger partial charge in [-0.2, -0.15) is 0 Å². The lowest BCUT2D eigenvalue weighted by Gasteiger charge is -2.25. The minimum Gasteiger partial charge on any atom is -0.398 e. The van der Waals surface area contributed by atoms with E-state index in [1.165, 1.54) is 45.0 Å². The Morgan fingerprint density at radius 3 is 2.46 bits per heavy atom. The molecule has 1 aliphatic heterocycles. The summed E-state index contributed by atoms with van der Waals surface area (Å²) in [6, 6.07) is 19.0. The maximum absolute atomic E-state index is 6.32. The molecule has 1 aliphatic carbocycles. The molecule has 3 N–H and O–H groups in total. The molecule has 39 heavy (non-hydrogen) atoms. The number of para-hydroxylation sites is 2. The highest BCUT2D eigenvalue weighted by Crippen LogP contribution is 2.44. The molecule has 0 saturated heterocycles. The van der Waals surface area contributed by atoms with E-state index in [1.807, 2.05) is 12.1 Å². The van der Waals surface area contributed by atoms with Crippen LogP contribution in [0.4, 0.5) is 17.1 Å². The van der Waals surface area contributed by atoms with Crippen molar-refractivity contribution >= 4 is 22.8 Å². The number of nitrogen functional groups attached to an aromatic ring is 1. The number of allylic oxidation sites excluding steroid dienone is 8. The lowest BCUT2D eigenvalue weighted by molar-refractivity contribution is 0.536. The maximum Gasteiger partial charge on any atom is 0.0544 e. The number of hydrogen-bond acceptors (Lipinski definition) is 3. The second-order valence-corrected chi connectivity index (χ2v) is 12.2. The first-order valence-corrected chi connectivity index (χ1v) is 14.0. The Morgan fingerprint density at radius 2 is 1.74 bits per heavy atom. The summed E-state index contributed by atoms with van der Waals surface area (Å²) in [5.74, 6) is 0. The van der Waals surface area contributed by atoms with Gasteiger partial charge in [-0.05, 0) is 71.2 Å². The van der Waals surface area contributed by atoms with Crippen LogP contribution in [-0.2, 0) is 10.8 Å². The standard InChI is InChI=1S/C35H42N4/c1-34(2,28-13-7-9-15-30(28)36)22-11-12-25-17-18-26(33(25)39-23-21-27(24-39)38(5)6)19-20-32-35(3,4)29-14-8-10-16-31(29)37-32/h7-16,19-21,23-24,37H,17-18,22,36H2,1-6H3/b12-11+,26-19+,32-20+. The first-order chi connectivity index (χ1) is 18.6. The Hall–Kier alpha value is -3.92. The number of benzene rings is 2. The van der Waals surface area contributed by atoms with Crippen LogP contribution in [0.2, 0.25) is 0 Å². The van der Waals surface area contributed by atoms with Gasteiger partial charge in [0.25, 0.3) is 0 Å². The van der Waals surface area contributed by atoms with Crippen molar-refractivity contribution in [1.29, 1.82) is 0 Å². The molecule has 2 heterocycles. The van der Waals surface area contributed by atoms with Crippen LogP contribution in [-0.4, -0.2) is 18.7 Å². The van der Waals surface area contributed by atoms with Gasteiger partial charge in [0.1, 0.15) is 0 Å². The van der Waals surface area contributed by atoms with E-state index in [9.17, 15) is 0 Å². The van der Waals surface area contributed by atoms with Gasteiger partial charge in [-0.25, -0.2) is 0 Å². The summed E-state index contributed by atoms with van der Waals surface area (Å²) < 4.78 is 2.30. The minimum absolute atomic E-state index is 0.0372. The van der Waals surface area contributed by atoms with Crippen molar-refractivity contribution < 1.29 is 0 Å². The minimum atomic E-state index is -0.0464. The molecule has 0 spiro atoms. The Labute approximate surface area is 234 Å². The quantitative estimate of drug-likeness (QED) is 0.309. The van der Waals surface area contributed by atoms with Gasteiger partial charge in [0.15, 0.2) is 0 Å². The van der Waals surface area contributed by atoms with Crippen molar-refractivity contribution in [2.24, 2.45) is 0 Å². The first kappa shape index (κ1) is 26.7. The van der Waals surface area contributed by atoms with Crippen LogP contribution in [0.3, 0.4) is 0 Å². The van der Waals surface area contributed by atoms with Gasteiger partial charge in [0.05, 0.1) is 11.4 Å². The molecular weight excluding hydrogens is 476 g/mol. The molecule has 3 aromatic rings. The van der Waals surface area contributed by atoms with Crippen molar-refractivity contribution in [3.8, 4) is 0 Å². The highest BCUT2D eigenvalue weighted by Gasteiger charge is 2.34. The van der Waals surface area contributed by atoms with Crippen molar-refractivity contribution in [1.82, 2.24) is 4.57 Å². The van der Waals surface area contributed by atoms with Crippen LogP contribution < -0.4 is 16.0 Å². The van der Waals surface area contributed by atoms with E-state index in [2.05, 4.69) is 136 Å². The summed E-state index contributed by atoms with van der Waals surface area (Å²) in [6.45, 7) is 9.14. The molecule has 0 saturated carbocycles. The molecule has 0 amide bonds. The zero-order valence-corrected chi connectivity index (χ0v) is 24.3. The molecule has 2 aromatic carbocycles. The molecule has 0 fully saturated rings. The summed E-state index contributed by atoms with van der Waals surface area (Å²) in [5.41, 5.74) is 17.3. The third-order valence-electron chi connectivity index (χ3n) is 8.36. The lowest BCUT2D eigenvalue weighted by Crippen LogP contribution is -2.17. The summed E-state index contributed by atoms with van der Waals surface area (Å²) in [4.78, 5) is 2.15. The van der Waals surface area contributed by atoms with E-state index < -0.39 is 0 Å². The zero-order valence-electron chi connectivity index (χ0n) is 24.3. The summed E-state index contributed by atoms with van der Waals surface area (Å²) >= 11 is 0. The Kier molecular flexibility index (Phi) is 7.07. The number of anilines is 3. The van der Waals surface area contributed by atoms with Crippen LogP contribution in [0.15, 0.2) is 108 Å². The van der Waals surface area contributed by atoms with Gasteiger partial charge < -0.3 is 20.5 Å². The molecule has 2 aliphatic rings. The smallest absolute Gasteiger partial charge is 0.0544 e. The van der Waals surface area contributed by atoms with Crippen LogP contribution in [0.25, 0.3) is 5.70 Å². The number of nitrogens with one attached hydrogen (secondary N) is 1. The van der Waals surface area contributed by atoms with E-state index >= 15 is 0 Å². The fourth-order valence-corrected chi connectivity index (χ4v) is 5.89. The maximum atomic E-state index is 6.32. The second-order valence-electron chi connectivity index (χ2n) is 12.2. The molecule has 0 atom stereocenters. The fraction of sp³-hybridized carbons (Fsp3) is 0.314. The molecule has 0 unspecified atom stereocenters. The fourth-order valence-electron chi connectivity index (χ4n) is 5.89. The molecule has 1 aromatic heterocycles. The van der Waals surface area contributed by atoms with Gasteiger partial charge in [-0.3, -0.25) is 0 Å². The molecular formula is C35H42N4. The van der Waals surface area contributed by atoms with Gasteiger partial charge in [0, 0.05) is 49.0 Å². The number of nitrogens with zero attached hydrogens (tertiary/aromatic N) is 2. The SMILES string of the molecule is CN(C)c1ccn(C2=C(/C=C/CC(C)(C)c3ccccc3N)CC/C2=C\C=C2\Nc3ccccc3C2(C)C)c1. The molecule has 202 valence electrons. The summed E-state index contributed by atoms with van der Waals surface area (Å²) in [7, 11) is 4.18. The first-order valence-electron chi connectivity index (χ1n) is 14.0. The zero-order chi connectivity index (χ0) is 27.8. The number of fused-ring (bicyclic) bond motifs is 1. The van der Waals surface area contributed by atoms with Gasteiger partial charge in [-0.1, -0.05) is 82.3 Å². The number of hydrogen-bond donors (Lipinski definition) is 2. The molecule has 4 heteroatoms. The monoisotopic (exact) mass is 518 g/mol. The van der Waals surface area contributed by atoms with Gasteiger partial charge in [-0.15, -0.1) is 0 Å². The van der Waals surface area contributed by atoms with Crippen LogP contribution >= 0.6 is 0 Å². The Balaban J connectivity index is 1.48.